The first kappa shape index (κ1) is 61.0. The van der Waals surface area contributed by atoms with Crippen LogP contribution in [-0.4, -0.2) is 15.8 Å². The van der Waals surface area contributed by atoms with Gasteiger partial charge in [0.15, 0.2) is 0 Å². The van der Waals surface area contributed by atoms with Crippen molar-refractivity contribution in [3.05, 3.63) is 277 Å². The SMILES string of the molecule is CC(C)(C)c1cc(-c2ccc3c(c2)-n2c4ccccc4c4ccccc4c4ccccc4c4ccc5c(c42)B3c2ccc(-n3c4cc(C(C)(C)C)ccc4c4ccc(C(C)(C)C)cc43)cc2N5c2c(-c3ccccc3)cc(C(C)(C)C)cc2-c2ccccc2)cc(C(C)(C)C)c1. The lowest BCUT2D eigenvalue weighted by Crippen LogP contribution is -2.60. The second-order valence-electron chi connectivity index (χ2n) is 32.6. The summed E-state index contributed by atoms with van der Waals surface area (Å²) in [6.45, 7) is 35.0. The summed E-state index contributed by atoms with van der Waals surface area (Å²) in [5.41, 5.74) is 27.6. The van der Waals surface area contributed by atoms with E-state index in [-0.39, 0.29) is 33.8 Å². The minimum absolute atomic E-state index is 0.0667. The Morgan fingerprint density at radius 2 is 0.688 bits per heavy atom. The lowest BCUT2D eigenvalue weighted by Gasteiger charge is -2.42. The smallest absolute Gasteiger partial charge is 0.252 e. The van der Waals surface area contributed by atoms with Gasteiger partial charge in [-0.3, -0.25) is 0 Å². The highest BCUT2D eigenvalue weighted by Crippen LogP contribution is 2.52. The first-order valence-corrected chi connectivity index (χ1v) is 34.7. The molecule has 16 rings (SSSR count). The molecule has 14 aromatic rings. The fourth-order valence-corrected chi connectivity index (χ4v) is 15.7. The topological polar surface area (TPSA) is 13.1 Å². The quantitative estimate of drug-likeness (QED) is 0.157. The third kappa shape index (κ3) is 9.91. The largest absolute Gasteiger partial charge is 0.310 e. The van der Waals surface area contributed by atoms with Crippen LogP contribution in [-0.2, 0) is 27.1 Å². The van der Waals surface area contributed by atoms with Crippen molar-refractivity contribution in [2.45, 2.75) is 131 Å². The van der Waals surface area contributed by atoms with Crippen LogP contribution in [0, 0.1) is 0 Å². The zero-order valence-electron chi connectivity index (χ0n) is 58.6. The fraction of sp³-hybridized carbons (Fsp3) is 0.217. The van der Waals surface area contributed by atoms with Gasteiger partial charge >= 0.3 is 0 Å². The molecule has 0 radical (unpaired) electrons. The van der Waals surface area contributed by atoms with E-state index in [0.29, 0.717) is 0 Å². The van der Waals surface area contributed by atoms with Crippen molar-refractivity contribution in [1.82, 2.24) is 9.13 Å². The molecule has 4 heterocycles. The van der Waals surface area contributed by atoms with E-state index in [1.54, 1.807) is 0 Å². The Morgan fingerprint density at radius 1 is 0.260 bits per heavy atom. The molecule has 2 aliphatic rings. The molecule has 0 fully saturated rings. The molecular weight excluding hydrogens is 1160 g/mol. The summed E-state index contributed by atoms with van der Waals surface area (Å²) < 4.78 is 5.29. The van der Waals surface area contributed by atoms with E-state index in [2.05, 4.69) is 367 Å². The third-order valence-corrected chi connectivity index (χ3v) is 21.1. The maximum Gasteiger partial charge on any atom is 0.252 e. The van der Waals surface area contributed by atoms with Crippen LogP contribution in [0.3, 0.4) is 0 Å². The van der Waals surface area contributed by atoms with Gasteiger partial charge in [-0.2, -0.15) is 0 Å². The highest BCUT2D eigenvalue weighted by atomic mass is 15.2. The molecule has 2 aliphatic heterocycles. The van der Waals surface area contributed by atoms with Crippen LogP contribution >= 0.6 is 0 Å². The van der Waals surface area contributed by atoms with Crippen molar-refractivity contribution in [2.75, 3.05) is 4.90 Å². The molecule has 96 heavy (non-hydrogen) atoms. The maximum absolute atomic E-state index is 2.72. The predicted octanol–water partition coefficient (Wildman–Crippen LogP) is 23.4. The normalized spacial score (nSPS) is 13.3. The summed E-state index contributed by atoms with van der Waals surface area (Å²) in [5, 5.41) is 9.76. The predicted molar refractivity (Wildman–Crippen MR) is 417 cm³/mol. The number of fused-ring (bicyclic) bond motifs is 15. The number of aromatic nitrogens is 2. The molecule has 12 aromatic carbocycles. The van der Waals surface area contributed by atoms with Gasteiger partial charge in [-0.25, -0.2) is 0 Å². The van der Waals surface area contributed by atoms with E-state index in [9.17, 15) is 0 Å². The van der Waals surface area contributed by atoms with E-state index in [4.69, 9.17) is 0 Å². The second kappa shape index (κ2) is 21.8. The molecule has 2 aromatic heterocycles. The van der Waals surface area contributed by atoms with Gasteiger partial charge in [0.2, 0.25) is 0 Å². The molecule has 0 bridgehead atoms. The molecule has 0 saturated heterocycles. The average molecular weight is 1240 g/mol. The molecule has 0 saturated carbocycles. The second-order valence-corrected chi connectivity index (χ2v) is 32.6. The molecular formula is C92H86BN3. The molecule has 3 nitrogen and oxygen atoms in total. The number of nitrogens with zero attached hydrogens (tertiary/aromatic N) is 3. The summed E-state index contributed by atoms with van der Waals surface area (Å²) in [7, 11) is 0. The van der Waals surface area contributed by atoms with Gasteiger partial charge in [-0.05, 0) is 170 Å². The summed E-state index contributed by atoms with van der Waals surface area (Å²) in [4.78, 5) is 2.72. The first-order chi connectivity index (χ1) is 45.8. The van der Waals surface area contributed by atoms with Crippen molar-refractivity contribution in [3.8, 4) is 44.8 Å². The Hall–Kier alpha value is -9.90. The first-order valence-electron chi connectivity index (χ1n) is 34.7. The van der Waals surface area contributed by atoms with E-state index in [1.807, 2.05) is 0 Å². The van der Waals surface area contributed by atoms with Crippen molar-refractivity contribution >= 4 is 105 Å². The monoisotopic (exact) mass is 1240 g/mol. The van der Waals surface area contributed by atoms with Crippen LogP contribution in [0.4, 0.5) is 17.1 Å². The van der Waals surface area contributed by atoms with Crippen LogP contribution in [0.5, 0.6) is 0 Å². The van der Waals surface area contributed by atoms with Gasteiger partial charge in [0.05, 0.1) is 27.8 Å². The number of hydrogen-bond acceptors (Lipinski definition) is 1. The van der Waals surface area contributed by atoms with Gasteiger partial charge in [0, 0.05) is 55.4 Å². The maximum atomic E-state index is 2.72. The van der Waals surface area contributed by atoms with Crippen LogP contribution in [0.1, 0.15) is 132 Å². The molecule has 0 atom stereocenters. The number of hydrogen-bond donors (Lipinski definition) is 0. The Balaban J connectivity index is 1.13. The van der Waals surface area contributed by atoms with Gasteiger partial charge in [0.1, 0.15) is 0 Å². The highest BCUT2D eigenvalue weighted by Gasteiger charge is 2.43. The number of benzene rings is 12. The number of rotatable bonds is 5. The molecule has 0 amide bonds. The molecule has 0 aliphatic carbocycles. The Bertz CT molecular complexity index is 5440. The van der Waals surface area contributed by atoms with Crippen LogP contribution < -0.4 is 21.3 Å². The Kier molecular flexibility index (Phi) is 13.9. The van der Waals surface area contributed by atoms with E-state index >= 15 is 0 Å². The Labute approximate surface area is 568 Å². The zero-order chi connectivity index (χ0) is 66.7. The van der Waals surface area contributed by atoms with E-state index < -0.39 is 0 Å². The summed E-state index contributed by atoms with van der Waals surface area (Å²) in [6, 6.07) is 96.8. The minimum Gasteiger partial charge on any atom is -0.310 e. The minimum atomic E-state index is -0.198. The zero-order valence-corrected chi connectivity index (χ0v) is 58.6. The third-order valence-electron chi connectivity index (χ3n) is 21.1. The van der Waals surface area contributed by atoms with Crippen molar-refractivity contribution in [2.24, 2.45) is 0 Å². The molecule has 472 valence electrons. The fourth-order valence-electron chi connectivity index (χ4n) is 15.7. The average Bonchev–Trinajstić information content (AvgIpc) is 0.877. The summed E-state index contributed by atoms with van der Waals surface area (Å²) in [5.74, 6) is 0. The van der Waals surface area contributed by atoms with E-state index in [0.717, 1.165) is 28.3 Å². The Morgan fingerprint density at radius 3 is 1.21 bits per heavy atom. The van der Waals surface area contributed by atoms with E-state index in [1.165, 1.54) is 143 Å². The van der Waals surface area contributed by atoms with Gasteiger partial charge in [-0.1, -0.05) is 298 Å². The van der Waals surface area contributed by atoms with Gasteiger partial charge in [0.25, 0.3) is 6.71 Å². The van der Waals surface area contributed by atoms with Gasteiger partial charge < -0.3 is 14.0 Å². The number of para-hydroxylation sites is 1. The molecule has 0 N–H and O–H groups in total. The lowest BCUT2D eigenvalue weighted by atomic mass is 9.33. The van der Waals surface area contributed by atoms with Crippen molar-refractivity contribution in [3.63, 3.8) is 0 Å². The molecule has 0 unspecified atom stereocenters. The van der Waals surface area contributed by atoms with Crippen LogP contribution in [0.25, 0.3) is 110 Å². The van der Waals surface area contributed by atoms with Gasteiger partial charge in [-0.15, -0.1) is 0 Å². The van der Waals surface area contributed by atoms with Crippen LogP contribution in [0.15, 0.2) is 249 Å². The highest BCUT2D eigenvalue weighted by molar-refractivity contribution is 7.00. The standard InChI is InChI=1S/C92H86BN3/c1-88(2,3)61-39-42-72-73-43-40-62(89(4,5)6)55-82(73)94(81(72)54-61)66-41-46-78-84(56-66)96(86-75(57-28-18-16-19-29-57)52-65(92(13,14)15)53-76(86)58-30-20-17-21-31-58)80-47-44-74-70-35-25-23-33-68(70)67-32-22-24-34-69(67)71-36-26-27-37-79(71)95-83-50-59(38-45-77(83)93(78)85(80)87(74)95)60-48-63(90(7,8)9)51-64(49-60)91(10,11)12/h16-56H,1-15H3. The number of anilines is 3. The summed E-state index contributed by atoms with van der Waals surface area (Å²) >= 11 is 0. The lowest BCUT2D eigenvalue weighted by molar-refractivity contribution is 0.569. The molecule has 0 spiro atoms. The summed E-state index contributed by atoms with van der Waals surface area (Å²) in [6.07, 6.45) is 0. The van der Waals surface area contributed by atoms with Crippen molar-refractivity contribution in [1.29, 1.82) is 0 Å². The molecule has 4 heteroatoms. The van der Waals surface area contributed by atoms with Crippen LogP contribution in [0.2, 0.25) is 0 Å². The van der Waals surface area contributed by atoms with Crippen molar-refractivity contribution < 1.29 is 0 Å².